The summed E-state index contributed by atoms with van der Waals surface area (Å²) in [6.45, 7) is 3.93. The van der Waals surface area contributed by atoms with Gasteiger partial charge in [0.25, 0.3) is 0 Å². The van der Waals surface area contributed by atoms with Crippen molar-refractivity contribution in [1.82, 2.24) is 0 Å². The standard InChI is InChI=1S/C12H16ClNO2/c1-12(2,16)8-14(3)11-5-4-9(7-15)6-10(11)13/h4-7,16H,8H2,1-3H3. The number of halogens is 1. The first-order valence-corrected chi connectivity index (χ1v) is 5.39. The molecule has 0 fully saturated rings. The fraction of sp³-hybridized carbons (Fsp3) is 0.417. The zero-order chi connectivity index (χ0) is 12.3. The molecule has 0 aliphatic rings. The van der Waals surface area contributed by atoms with Crippen LogP contribution >= 0.6 is 11.6 Å². The van der Waals surface area contributed by atoms with Gasteiger partial charge in [0.1, 0.15) is 6.29 Å². The van der Waals surface area contributed by atoms with Gasteiger partial charge in [-0.3, -0.25) is 4.79 Å². The summed E-state index contributed by atoms with van der Waals surface area (Å²) in [6.07, 6.45) is 0.756. The molecule has 0 saturated heterocycles. The largest absolute Gasteiger partial charge is 0.389 e. The lowest BCUT2D eigenvalue weighted by Crippen LogP contribution is -2.36. The SMILES string of the molecule is CN(CC(C)(C)O)c1ccc(C=O)cc1Cl. The maximum Gasteiger partial charge on any atom is 0.150 e. The lowest BCUT2D eigenvalue weighted by atomic mass is 10.1. The Hall–Kier alpha value is -1.06. The average molecular weight is 242 g/mol. The smallest absolute Gasteiger partial charge is 0.150 e. The molecular formula is C12H16ClNO2. The summed E-state index contributed by atoms with van der Waals surface area (Å²) >= 11 is 6.05. The summed E-state index contributed by atoms with van der Waals surface area (Å²) in [5.41, 5.74) is 0.557. The number of benzene rings is 1. The van der Waals surface area contributed by atoms with Crippen molar-refractivity contribution in [1.29, 1.82) is 0 Å². The van der Waals surface area contributed by atoms with Crippen LogP contribution in [-0.4, -0.2) is 30.6 Å². The third-order valence-corrected chi connectivity index (χ3v) is 2.45. The van der Waals surface area contributed by atoms with Crippen LogP contribution in [0, 0.1) is 0 Å². The van der Waals surface area contributed by atoms with E-state index in [1.165, 1.54) is 0 Å². The van der Waals surface area contributed by atoms with E-state index in [4.69, 9.17) is 11.6 Å². The zero-order valence-corrected chi connectivity index (χ0v) is 10.5. The van der Waals surface area contributed by atoms with Gasteiger partial charge in [0, 0.05) is 19.2 Å². The van der Waals surface area contributed by atoms with Crippen LogP contribution in [-0.2, 0) is 0 Å². The summed E-state index contributed by atoms with van der Waals surface area (Å²) in [7, 11) is 1.85. The molecule has 0 aromatic heterocycles. The highest BCUT2D eigenvalue weighted by molar-refractivity contribution is 6.33. The molecule has 0 spiro atoms. The summed E-state index contributed by atoms with van der Waals surface area (Å²) < 4.78 is 0. The van der Waals surface area contributed by atoms with Crippen LogP contribution in [0.1, 0.15) is 24.2 Å². The average Bonchev–Trinajstić information content (AvgIpc) is 2.14. The molecule has 0 aliphatic carbocycles. The van der Waals surface area contributed by atoms with Crippen LogP contribution in [0.5, 0.6) is 0 Å². The minimum Gasteiger partial charge on any atom is -0.389 e. The first-order valence-electron chi connectivity index (χ1n) is 5.02. The number of aldehydes is 1. The summed E-state index contributed by atoms with van der Waals surface area (Å²) in [6, 6.07) is 5.09. The summed E-state index contributed by atoms with van der Waals surface area (Å²) in [5.74, 6) is 0. The van der Waals surface area contributed by atoms with Crippen LogP contribution in [0.25, 0.3) is 0 Å². The lowest BCUT2D eigenvalue weighted by Gasteiger charge is -2.27. The Labute approximate surface area is 101 Å². The maximum absolute atomic E-state index is 10.6. The molecule has 0 aliphatic heterocycles. The second-order valence-electron chi connectivity index (χ2n) is 4.50. The second kappa shape index (κ2) is 4.85. The number of rotatable bonds is 4. The van der Waals surface area contributed by atoms with E-state index in [1.54, 1.807) is 32.0 Å². The van der Waals surface area contributed by atoms with Gasteiger partial charge < -0.3 is 10.0 Å². The minimum atomic E-state index is -0.790. The highest BCUT2D eigenvalue weighted by Gasteiger charge is 2.17. The van der Waals surface area contributed by atoms with Crippen LogP contribution in [0.3, 0.4) is 0 Å². The first kappa shape index (κ1) is 13.0. The van der Waals surface area contributed by atoms with Crippen molar-refractivity contribution in [2.24, 2.45) is 0 Å². The highest BCUT2D eigenvalue weighted by Crippen LogP contribution is 2.26. The molecule has 0 heterocycles. The molecule has 0 bridgehead atoms. The molecule has 88 valence electrons. The molecule has 3 nitrogen and oxygen atoms in total. The predicted octanol–water partition coefficient (Wildman–Crippen LogP) is 2.36. The number of hydrogen-bond acceptors (Lipinski definition) is 3. The summed E-state index contributed by atoms with van der Waals surface area (Å²) in [4.78, 5) is 12.4. The molecule has 0 unspecified atom stereocenters. The number of likely N-dealkylation sites (N-methyl/N-ethyl adjacent to an activating group) is 1. The van der Waals surface area contributed by atoms with E-state index in [0.29, 0.717) is 17.1 Å². The fourth-order valence-electron chi connectivity index (χ4n) is 1.57. The second-order valence-corrected chi connectivity index (χ2v) is 4.90. The molecule has 0 radical (unpaired) electrons. The van der Waals surface area contributed by atoms with E-state index in [2.05, 4.69) is 0 Å². The number of aliphatic hydroxyl groups is 1. The van der Waals surface area contributed by atoms with Gasteiger partial charge in [-0.1, -0.05) is 11.6 Å². The number of carbonyl (C=O) groups excluding carboxylic acids is 1. The predicted molar refractivity (Wildman–Crippen MR) is 66.4 cm³/mol. The molecule has 1 aromatic rings. The van der Waals surface area contributed by atoms with Crippen LogP contribution in [0.4, 0.5) is 5.69 Å². The van der Waals surface area contributed by atoms with Gasteiger partial charge in [0.15, 0.2) is 0 Å². The Morgan fingerprint density at radius 3 is 2.56 bits per heavy atom. The minimum absolute atomic E-state index is 0.465. The zero-order valence-electron chi connectivity index (χ0n) is 9.70. The van der Waals surface area contributed by atoms with E-state index in [9.17, 15) is 9.90 Å². The quantitative estimate of drug-likeness (QED) is 0.823. The normalized spacial score (nSPS) is 11.3. The van der Waals surface area contributed by atoms with Crippen molar-refractivity contribution in [3.05, 3.63) is 28.8 Å². The number of hydrogen-bond donors (Lipinski definition) is 1. The van der Waals surface area contributed by atoms with E-state index in [0.717, 1.165) is 12.0 Å². The van der Waals surface area contributed by atoms with Gasteiger partial charge in [-0.15, -0.1) is 0 Å². The maximum atomic E-state index is 10.6. The van der Waals surface area contributed by atoms with Crippen LogP contribution in [0.2, 0.25) is 5.02 Å². The van der Waals surface area contributed by atoms with E-state index in [1.807, 2.05) is 11.9 Å². The Kier molecular flexibility index (Phi) is 3.94. The van der Waals surface area contributed by atoms with Crippen LogP contribution in [0.15, 0.2) is 18.2 Å². The number of carbonyl (C=O) groups is 1. The van der Waals surface area contributed by atoms with E-state index >= 15 is 0 Å². The molecule has 0 amide bonds. The van der Waals surface area contributed by atoms with E-state index in [-0.39, 0.29) is 0 Å². The van der Waals surface area contributed by atoms with Crippen molar-refractivity contribution in [3.63, 3.8) is 0 Å². The molecule has 1 N–H and O–H groups in total. The molecule has 0 saturated carbocycles. The Morgan fingerprint density at radius 1 is 1.50 bits per heavy atom. The molecular weight excluding hydrogens is 226 g/mol. The third-order valence-electron chi connectivity index (χ3n) is 2.14. The van der Waals surface area contributed by atoms with Crippen LogP contribution < -0.4 is 4.90 Å². The van der Waals surface area contributed by atoms with Gasteiger partial charge in [-0.05, 0) is 32.0 Å². The fourth-order valence-corrected chi connectivity index (χ4v) is 1.90. The van der Waals surface area contributed by atoms with Gasteiger partial charge in [0.05, 0.1) is 16.3 Å². The lowest BCUT2D eigenvalue weighted by molar-refractivity contribution is 0.0886. The Balaban J connectivity index is 2.92. The third kappa shape index (κ3) is 3.51. The van der Waals surface area contributed by atoms with Crippen molar-refractivity contribution in [2.75, 3.05) is 18.5 Å². The highest BCUT2D eigenvalue weighted by atomic mass is 35.5. The number of nitrogens with zero attached hydrogens (tertiary/aromatic N) is 1. The van der Waals surface area contributed by atoms with Crippen molar-refractivity contribution in [2.45, 2.75) is 19.4 Å². The molecule has 0 atom stereocenters. The number of anilines is 1. The summed E-state index contributed by atoms with van der Waals surface area (Å²) in [5, 5.41) is 10.2. The van der Waals surface area contributed by atoms with Gasteiger partial charge >= 0.3 is 0 Å². The first-order chi connectivity index (χ1) is 7.33. The van der Waals surface area contributed by atoms with E-state index < -0.39 is 5.60 Å². The van der Waals surface area contributed by atoms with Gasteiger partial charge in [-0.25, -0.2) is 0 Å². The van der Waals surface area contributed by atoms with Crippen molar-refractivity contribution in [3.8, 4) is 0 Å². The topological polar surface area (TPSA) is 40.5 Å². The molecule has 1 aromatic carbocycles. The monoisotopic (exact) mass is 241 g/mol. The van der Waals surface area contributed by atoms with Gasteiger partial charge in [-0.2, -0.15) is 0 Å². The van der Waals surface area contributed by atoms with Gasteiger partial charge in [0.2, 0.25) is 0 Å². The molecule has 4 heteroatoms. The molecule has 16 heavy (non-hydrogen) atoms. The van der Waals surface area contributed by atoms with Crippen molar-refractivity contribution >= 4 is 23.6 Å². The Morgan fingerprint density at radius 2 is 2.12 bits per heavy atom. The molecule has 1 rings (SSSR count). The van der Waals surface area contributed by atoms with Crippen molar-refractivity contribution < 1.29 is 9.90 Å². The Bertz CT molecular complexity index is 385.